The van der Waals surface area contributed by atoms with Gasteiger partial charge in [0, 0.05) is 21.6 Å². The number of hydrogen-bond acceptors (Lipinski definition) is 1. The molecule has 1 aliphatic carbocycles. The third-order valence-electron chi connectivity index (χ3n) is 12.6. The fourth-order valence-corrected chi connectivity index (χ4v) is 10.1. The summed E-state index contributed by atoms with van der Waals surface area (Å²) in [7, 11) is 0. The summed E-state index contributed by atoms with van der Waals surface area (Å²) in [5.41, 5.74) is 14.5. The second kappa shape index (κ2) is 11.5. The lowest BCUT2D eigenvalue weighted by molar-refractivity contribution is 0.659. The fraction of sp³-hybridized carbons (Fsp3) is 0.0545. The van der Waals surface area contributed by atoms with Crippen molar-refractivity contribution < 1.29 is 4.42 Å². The van der Waals surface area contributed by atoms with Crippen molar-refractivity contribution in [1.82, 2.24) is 0 Å². The molecular weight excluding hydrogens is 677 g/mol. The monoisotopic (exact) mass is 712 g/mol. The molecule has 0 radical (unpaired) electrons. The minimum Gasteiger partial charge on any atom is -0.455 e. The zero-order valence-corrected chi connectivity index (χ0v) is 31.2. The van der Waals surface area contributed by atoms with Crippen molar-refractivity contribution in [3.05, 3.63) is 193 Å². The lowest BCUT2D eigenvalue weighted by atomic mass is 9.79. The highest BCUT2D eigenvalue weighted by atomic mass is 16.3. The summed E-state index contributed by atoms with van der Waals surface area (Å²) >= 11 is 0. The van der Waals surface area contributed by atoms with Gasteiger partial charge in [0.05, 0.1) is 0 Å². The van der Waals surface area contributed by atoms with Crippen molar-refractivity contribution in [2.24, 2.45) is 0 Å². The van der Waals surface area contributed by atoms with Crippen molar-refractivity contribution in [3.8, 4) is 44.5 Å². The van der Waals surface area contributed by atoms with Gasteiger partial charge in [-0.2, -0.15) is 0 Å². The molecule has 1 aliphatic rings. The maximum atomic E-state index is 6.64. The maximum absolute atomic E-state index is 6.64. The number of rotatable bonds is 3. The van der Waals surface area contributed by atoms with Crippen LogP contribution in [0.5, 0.6) is 0 Å². The average molecular weight is 713 g/mol. The molecule has 1 heterocycles. The van der Waals surface area contributed by atoms with Gasteiger partial charge in [-0.25, -0.2) is 0 Å². The van der Waals surface area contributed by atoms with E-state index in [9.17, 15) is 0 Å². The standard InChI is InChI=1S/C55H36O/c1-55(2)47-29-28-36(32-46(47)51-43-22-9-10-23-44(43)54-52(53(51)55)45-24-11-12-25-48(45)56-54)35-16-13-17-37(31-35)49-39-18-5-7-20-41(39)50(42-21-8-6-19-40(42)49)38-27-26-33-14-3-4-15-34(33)30-38/h3-32H,1-2H3. The molecule has 0 unspecified atom stereocenters. The number of fused-ring (bicyclic) bond motifs is 13. The van der Waals surface area contributed by atoms with Gasteiger partial charge in [-0.1, -0.05) is 172 Å². The molecule has 0 amide bonds. The van der Waals surface area contributed by atoms with Crippen LogP contribution in [-0.2, 0) is 5.41 Å². The number of para-hydroxylation sites is 1. The zero-order valence-electron chi connectivity index (χ0n) is 31.2. The van der Waals surface area contributed by atoms with Gasteiger partial charge < -0.3 is 4.42 Å². The molecule has 0 saturated carbocycles. The summed E-state index contributed by atoms with van der Waals surface area (Å²) in [5, 5.41) is 12.4. The van der Waals surface area contributed by atoms with Crippen LogP contribution in [0, 0.1) is 0 Å². The molecule has 0 saturated heterocycles. The molecule has 11 aromatic rings. The molecule has 0 spiro atoms. The summed E-state index contributed by atoms with van der Waals surface area (Å²) in [6, 6.07) is 67.1. The highest BCUT2D eigenvalue weighted by Gasteiger charge is 2.40. The minimum absolute atomic E-state index is 0.204. The summed E-state index contributed by atoms with van der Waals surface area (Å²) in [4.78, 5) is 0. The molecule has 1 aromatic heterocycles. The maximum Gasteiger partial charge on any atom is 0.143 e. The molecule has 12 rings (SSSR count). The molecule has 10 aromatic carbocycles. The largest absolute Gasteiger partial charge is 0.455 e. The Morgan fingerprint density at radius 2 is 0.893 bits per heavy atom. The first-order chi connectivity index (χ1) is 27.5. The first-order valence-corrected chi connectivity index (χ1v) is 19.6. The molecule has 0 N–H and O–H groups in total. The van der Waals surface area contributed by atoms with Crippen LogP contribution in [0.1, 0.15) is 25.0 Å². The minimum atomic E-state index is -0.204. The van der Waals surface area contributed by atoms with E-state index in [4.69, 9.17) is 4.42 Å². The summed E-state index contributed by atoms with van der Waals surface area (Å²) in [5.74, 6) is 0. The molecule has 262 valence electrons. The van der Waals surface area contributed by atoms with Crippen LogP contribution in [0.2, 0.25) is 0 Å². The molecule has 0 bridgehead atoms. The van der Waals surface area contributed by atoms with Crippen LogP contribution in [-0.4, -0.2) is 0 Å². The Kier molecular flexibility index (Phi) is 6.46. The average Bonchev–Trinajstić information content (AvgIpc) is 3.74. The predicted octanol–water partition coefficient (Wildman–Crippen LogP) is 15.5. The summed E-state index contributed by atoms with van der Waals surface area (Å²) in [6.07, 6.45) is 0. The molecule has 1 heteroatoms. The topological polar surface area (TPSA) is 13.1 Å². The van der Waals surface area contributed by atoms with E-state index in [2.05, 4.69) is 196 Å². The normalized spacial score (nSPS) is 13.3. The Hall–Kier alpha value is -6.96. The number of furan rings is 1. The van der Waals surface area contributed by atoms with Crippen molar-refractivity contribution in [2.45, 2.75) is 19.3 Å². The lowest BCUT2D eigenvalue weighted by Gasteiger charge is -2.23. The Labute approximate surface area is 325 Å². The van der Waals surface area contributed by atoms with Crippen LogP contribution in [0.4, 0.5) is 0 Å². The van der Waals surface area contributed by atoms with Gasteiger partial charge in [-0.3, -0.25) is 0 Å². The predicted molar refractivity (Wildman–Crippen MR) is 238 cm³/mol. The van der Waals surface area contributed by atoms with Crippen LogP contribution in [0.25, 0.3) is 110 Å². The third kappa shape index (κ3) is 4.31. The van der Waals surface area contributed by atoms with Crippen molar-refractivity contribution in [2.75, 3.05) is 0 Å². The quantitative estimate of drug-likeness (QED) is 0.166. The van der Waals surface area contributed by atoms with Crippen molar-refractivity contribution >= 4 is 65.0 Å². The van der Waals surface area contributed by atoms with E-state index in [-0.39, 0.29) is 5.41 Å². The van der Waals surface area contributed by atoms with Gasteiger partial charge in [0.2, 0.25) is 0 Å². The molecule has 56 heavy (non-hydrogen) atoms. The van der Waals surface area contributed by atoms with Gasteiger partial charge in [0.1, 0.15) is 11.2 Å². The molecule has 1 nitrogen and oxygen atoms in total. The smallest absolute Gasteiger partial charge is 0.143 e. The van der Waals surface area contributed by atoms with E-state index < -0.39 is 0 Å². The van der Waals surface area contributed by atoms with Crippen LogP contribution in [0.15, 0.2) is 186 Å². The third-order valence-corrected chi connectivity index (χ3v) is 12.6. The highest BCUT2D eigenvalue weighted by Crippen LogP contribution is 2.57. The Morgan fingerprint density at radius 1 is 0.375 bits per heavy atom. The highest BCUT2D eigenvalue weighted by molar-refractivity contribution is 6.24. The second-order valence-electron chi connectivity index (χ2n) is 16.0. The van der Waals surface area contributed by atoms with Gasteiger partial charge in [0.25, 0.3) is 0 Å². The van der Waals surface area contributed by atoms with Gasteiger partial charge in [-0.05, 0) is 118 Å². The molecule has 0 atom stereocenters. The first-order valence-electron chi connectivity index (χ1n) is 19.6. The van der Waals surface area contributed by atoms with Gasteiger partial charge in [-0.15, -0.1) is 0 Å². The number of benzene rings is 10. The summed E-state index contributed by atoms with van der Waals surface area (Å²) < 4.78 is 6.64. The Bertz CT molecular complexity index is 3390. The van der Waals surface area contributed by atoms with Crippen LogP contribution >= 0.6 is 0 Å². The Balaban J connectivity index is 1.07. The summed E-state index contributed by atoms with van der Waals surface area (Å²) in [6.45, 7) is 4.76. The van der Waals surface area contributed by atoms with E-state index >= 15 is 0 Å². The van der Waals surface area contributed by atoms with E-state index in [0.717, 1.165) is 11.2 Å². The molecule has 0 fully saturated rings. The molecule has 0 aliphatic heterocycles. The SMILES string of the molecule is CC1(C)c2ccc(-c3cccc(-c4c5ccccc5c(-c5ccc6ccccc6c5)c5ccccc45)c3)cc2-c2c1c1c3ccccc3oc1c1ccccc21. The fourth-order valence-electron chi connectivity index (χ4n) is 10.1. The van der Waals surface area contributed by atoms with E-state index in [1.807, 2.05) is 0 Å². The van der Waals surface area contributed by atoms with Gasteiger partial charge >= 0.3 is 0 Å². The van der Waals surface area contributed by atoms with Gasteiger partial charge in [0.15, 0.2) is 0 Å². The molecular formula is C55H36O. The Morgan fingerprint density at radius 3 is 1.59 bits per heavy atom. The van der Waals surface area contributed by atoms with Crippen molar-refractivity contribution in [3.63, 3.8) is 0 Å². The van der Waals surface area contributed by atoms with Crippen LogP contribution < -0.4 is 0 Å². The second-order valence-corrected chi connectivity index (χ2v) is 16.0. The van der Waals surface area contributed by atoms with E-state index in [1.54, 1.807) is 0 Å². The zero-order chi connectivity index (χ0) is 37.1. The van der Waals surface area contributed by atoms with E-state index in [1.165, 1.54) is 109 Å². The lowest BCUT2D eigenvalue weighted by Crippen LogP contribution is -2.15. The van der Waals surface area contributed by atoms with Crippen molar-refractivity contribution in [1.29, 1.82) is 0 Å². The number of hydrogen-bond donors (Lipinski definition) is 0. The van der Waals surface area contributed by atoms with Crippen LogP contribution in [0.3, 0.4) is 0 Å². The van der Waals surface area contributed by atoms with E-state index in [0.29, 0.717) is 0 Å². The first kappa shape index (κ1) is 31.4.